The number of aryl methyl sites for hydroxylation is 2. The lowest BCUT2D eigenvalue weighted by molar-refractivity contribution is 0.733. The highest BCUT2D eigenvalue weighted by molar-refractivity contribution is 7.16. The SMILES string of the molecule is CCn1c(=NN=c2sc3ccccc3n2CC)sc2ccccc21.N.N. The molecule has 6 N–H and O–H groups in total. The highest BCUT2D eigenvalue weighted by Crippen LogP contribution is 2.17. The first-order chi connectivity index (χ1) is 11.8. The summed E-state index contributed by atoms with van der Waals surface area (Å²) in [4.78, 5) is 1.89. The van der Waals surface area contributed by atoms with Gasteiger partial charge in [0.15, 0.2) is 0 Å². The molecule has 0 unspecified atom stereocenters. The quantitative estimate of drug-likeness (QED) is 0.504. The first-order valence-electron chi connectivity index (χ1n) is 8.06. The van der Waals surface area contributed by atoms with Crippen molar-refractivity contribution in [2.24, 2.45) is 10.2 Å². The molecular formula is C18H24N6S2. The van der Waals surface area contributed by atoms with Gasteiger partial charge in [-0.15, -0.1) is 10.2 Å². The molecule has 0 saturated heterocycles. The van der Waals surface area contributed by atoms with Crippen molar-refractivity contribution in [3.63, 3.8) is 0 Å². The second-order valence-corrected chi connectivity index (χ2v) is 7.41. The van der Waals surface area contributed by atoms with Gasteiger partial charge in [0.1, 0.15) is 0 Å². The van der Waals surface area contributed by atoms with Gasteiger partial charge in [0, 0.05) is 13.1 Å². The van der Waals surface area contributed by atoms with Gasteiger partial charge in [-0.25, -0.2) is 0 Å². The number of rotatable bonds is 3. The highest BCUT2D eigenvalue weighted by atomic mass is 32.1. The molecule has 2 heterocycles. The summed E-state index contributed by atoms with van der Waals surface area (Å²) >= 11 is 3.37. The normalized spacial score (nSPS) is 12.4. The van der Waals surface area contributed by atoms with Crippen LogP contribution >= 0.6 is 22.7 Å². The molecule has 6 nitrogen and oxygen atoms in total. The van der Waals surface area contributed by atoms with Gasteiger partial charge < -0.3 is 21.4 Å². The predicted octanol–water partition coefficient (Wildman–Crippen LogP) is 4.50. The van der Waals surface area contributed by atoms with E-state index in [1.54, 1.807) is 22.7 Å². The van der Waals surface area contributed by atoms with Crippen LogP contribution < -0.4 is 21.9 Å². The van der Waals surface area contributed by atoms with Crippen molar-refractivity contribution in [2.45, 2.75) is 26.9 Å². The van der Waals surface area contributed by atoms with Crippen LogP contribution in [0.3, 0.4) is 0 Å². The number of fused-ring (bicyclic) bond motifs is 2. The molecule has 26 heavy (non-hydrogen) atoms. The van der Waals surface area contributed by atoms with Crippen LogP contribution in [0.25, 0.3) is 20.4 Å². The van der Waals surface area contributed by atoms with Crippen LogP contribution in [-0.4, -0.2) is 9.13 Å². The van der Waals surface area contributed by atoms with Gasteiger partial charge in [-0.05, 0) is 38.1 Å². The monoisotopic (exact) mass is 388 g/mol. The Morgan fingerprint density at radius 1 is 0.692 bits per heavy atom. The molecule has 138 valence electrons. The summed E-state index contributed by atoms with van der Waals surface area (Å²) in [6.45, 7) is 6.06. The summed E-state index contributed by atoms with van der Waals surface area (Å²) in [6, 6.07) is 16.8. The lowest BCUT2D eigenvalue weighted by Gasteiger charge is -1.99. The molecule has 2 aromatic carbocycles. The Hall–Kier alpha value is -2.26. The largest absolute Gasteiger partial charge is 0.344 e. The van der Waals surface area contributed by atoms with Gasteiger partial charge in [0.25, 0.3) is 0 Å². The van der Waals surface area contributed by atoms with Crippen LogP contribution in [0.5, 0.6) is 0 Å². The Kier molecular flexibility index (Phi) is 6.49. The number of hydrogen-bond acceptors (Lipinski definition) is 6. The molecule has 4 aromatic rings. The Labute approximate surface area is 159 Å². The minimum Gasteiger partial charge on any atom is -0.344 e. The van der Waals surface area contributed by atoms with Crippen LogP contribution in [-0.2, 0) is 13.1 Å². The van der Waals surface area contributed by atoms with E-state index in [1.807, 2.05) is 0 Å². The summed E-state index contributed by atoms with van der Waals surface area (Å²) in [6.07, 6.45) is 0. The van der Waals surface area contributed by atoms with Crippen molar-refractivity contribution >= 4 is 43.1 Å². The molecule has 0 spiro atoms. The third-order valence-corrected chi connectivity index (χ3v) is 6.13. The van der Waals surface area contributed by atoms with Gasteiger partial charge in [-0.2, -0.15) is 0 Å². The van der Waals surface area contributed by atoms with E-state index in [0.717, 1.165) is 22.7 Å². The van der Waals surface area contributed by atoms with E-state index >= 15 is 0 Å². The maximum atomic E-state index is 4.58. The van der Waals surface area contributed by atoms with Crippen LogP contribution in [0.1, 0.15) is 13.8 Å². The number of para-hydroxylation sites is 2. The minimum atomic E-state index is 0. The molecule has 0 radical (unpaired) electrons. The van der Waals surface area contributed by atoms with E-state index in [2.05, 4.69) is 81.7 Å². The van der Waals surface area contributed by atoms with Gasteiger partial charge in [-0.1, -0.05) is 46.9 Å². The number of nitrogens with zero attached hydrogens (tertiary/aromatic N) is 4. The first-order valence-corrected chi connectivity index (χ1v) is 9.69. The fourth-order valence-electron chi connectivity index (χ4n) is 2.89. The number of benzene rings is 2. The third-order valence-electron chi connectivity index (χ3n) is 4.03. The number of thiazole rings is 2. The lowest BCUT2D eigenvalue weighted by atomic mass is 10.3. The Balaban J connectivity index is 0.00000121. The second-order valence-electron chi connectivity index (χ2n) is 5.39. The van der Waals surface area contributed by atoms with Crippen molar-refractivity contribution in [2.75, 3.05) is 0 Å². The maximum Gasteiger partial charge on any atom is 0.211 e. The Morgan fingerprint density at radius 2 is 1.08 bits per heavy atom. The summed E-state index contributed by atoms with van der Waals surface area (Å²) < 4.78 is 6.92. The maximum absolute atomic E-state index is 4.58. The second kappa shape index (κ2) is 8.41. The lowest BCUT2D eigenvalue weighted by Crippen LogP contribution is -2.16. The molecular weight excluding hydrogens is 364 g/mol. The molecule has 0 saturated carbocycles. The minimum absolute atomic E-state index is 0. The average Bonchev–Trinajstić information content (AvgIpc) is 3.16. The van der Waals surface area contributed by atoms with Crippen molar-refractivity contribution in [3.05, 3.63) is 58.1 Å². The standard InChI is InChI=1S/C18H18N4S2.2H3N/c1-3-21-13-9-5-7-11-15(13)23-17(21)19-20-18-22(4-2)14-10-6-8-12-16(14)24-18;;/h5-12H,3-4H2,1-2H3;2*1H3. The fraction of sp³-hybridized carbons (Fsp3) is 0.222. The third kappa shape index (κ3) is 3.36. The molecule has 0 aliphatic carbocycles. The summed E-state index contributed by atoms with van der Waals surface area (Å²) in [5.74, 6) is 0. The van der Waals surface area contributed by atoms with E-state index in [9.17, 15) is 0 Å². The van der Waals surface area contributed by atoms with Crippen LogP contribution in [0.2, 0.25) is 0 Å². The zero-order chi connectivity index (χ0) is 16.5. The van der Waals surface area contributed by atoms with Gasteiger partial charge in [0.05, 0.1) is 20.4 Å². The fourth-order valence-corrected chi connectivity index (χ4v) is 4.98. The zero-order valence-corrected chi connectivity index (χ0v) is 16.7. The van der Waals surface area contributed by atoms with Crippen LogP contribution in [0, 0.1) is 0 Å². The van der Waals surface area contributed by atoms with E-state index < -0.39 is 0 Å². The van der Waals surface area contributed by atoms with Crippen molar-refractivity contribution in [1.82, 2.24) is 21.4 Å². The summed E-state index contributed by atoms with van der Waals surface area (Å²) in [5.41, 5.74) is 2.44. The van der Waals surface area contributed by atoms with Crippen molar-refractivity contribution in [3.8, 4) is 0 Å². The average molecular weight is 389 g/mol. The first kappa shape index (κ1) is 20.1. The van der Waals surface area contributed by atoms with Gasteiger partial charge >= 0.3 is 0 Å². The molecule has 0 atom stereocenters. The van der Waals surface area contributed by atoms with Gasteiger partial charge in [0.2, 0.25) is 9.60 Å². The van der Waals surface area contributed by atoms with Crippen LogP contribution in [0.4, 0.5) is 0 Å². The number of aromatic nitrogens is 2. The van der Waals surface area contributed by atoms with Crippen LogP contribution in [0.15, 0.2) is 58.7 Å². The molecule has 0 amide bonds. The molecule has 2 aromatic heterocycles. The molecule has 0 bridgehead atoms. The topological polar surface area (TPSA) is 105 Å². The Bertz CT molecular complexity index is 1050. The molecule has 0 fully saturated rings. The molecule has 4 rings (SSSR count). The van der Waals surface area contributed by atoms with E-state index in [1.165, 1.54) is 20.4 Å². The van der Waals surface area contributed by atoms with Crippen molar-refractivity contribution in [1.29, 1.82) is 0 Å². The molecule has 8 heteroatoms. The smallest absolute Gasteiger partial charge is 0.211 e. The highest BCUT2D eigenvalue weighted by Gasteiger charge is 2.05. The van der Waals surface area contributed by atoms with E-state index in [4.69, 9.17) is 0 Å². The molecule has 0 aliphatic heterocycles. The Morgan fingerprint density at radius 3 is 1.46 bits per heavy atom. The zero-order valence-electron chi connectivity index (χ0n) is 15.1. The van der Waals surface area contributed by atoms with Gasteiger partial charge in [-0.3, -0.25) is 0 Å². The predicted molar refractivity (Wildman–Crippen MR) is 112 cm³/mol. The van der Waals surface area contributed by atoms with E-state index in [0.29, 0.717) is 0 Å². The van der Waals surface area contributed by atoms with E-state index in [-0.39, 0.29) is 12.3 Å². The van der Waals surface area contributed by atoms with Crippen molar-refractivity contribution < 1.29 is 0 Å². The molecule has 0 aliphatic rings. The number of hydrogen-bond donors (Lipinski definition) is 2. The summed E-state index contributed by atoms with van der Waals surface area (Å²) in [5, 5.41) is 9.17. The summed E-state index contributed by atoms with van der Waals surface area (Å²) in [7, 11) is 0.